The highest BCUT2D eigenvalue weighted by molar-refractivity contribution is 5.10. The minimum absolute atomic E-state index is 0.151. The van der Waals surface area contributed by atoms with Crippen molar-refractivity contribution in [3.8, 4) is 0 Å². The molecule has 0 aliphatic rings. The SMILES string of the molecule is CC(=CCO)CCC=C(C)CCC=C(C)CCC=C(C)CCC=C(C)CCC=C(C)CCC=C(C)CCC=C(C)CCCC(C)CCCC(C)CCCC(C)C. The maximum Gasteiger partial charge on any atom is 0.0614 e. The van der Waals surface area contributed by atoms with E-state index in [2.05, 4.69) is 126 Å². The van der Waals surface area contributed by atoms with E-state index in [1.54, 1.807) is 11.1 Å². The van der Waals surface area contributed by atoms with Crippen LogP contribution in [-0.2, 0) is 0 Å². The Labute approximate surface area is 352 Å². The standard InChI is InChI=1S/C55H96O/c1-45(2)23-13-24-46(3)25-14-26-47(4)27-15-28-48(5)29-16-30-49(6)31-17-32-50(7)33-18-34-51(8)35-19-36-52(9)37-20-38-53(10)39-21-40-54(11)41-22-42-55(12)43-44-56/h29,31,33,35,37,39,41,43,45-47,56H,13-28,30,32,34,36,38,40,42,44H2,1-12H3. The normalized spacial score (nSPS) is 15.7. The van der Waals surface area contributed by atoms with Crippen molar-refractivity contribution in [3.05, 3.63) is 93.2 Å². The molecule has 0 spiro atoms. The topological polar surface area (TPSA) is 20.2 Å². The number of aliphatic hydroxyl groups is 1. The third kappa shape index (κ3) is 36.2. The molecule has 0 rings (SSSR count). The summed E-state index contributed by atoms with van der Waals surface area (Å²) in [5, 5.41) is 8.99. The van der Waals surface area contributed by atoms with Gasteiger partial charge >= 0.3 is 0 Å². The molecule has 0 aliphatic carbocycles. The lowest BCUT2D eigenvalue weighted by molar-refractivity contribution is 0.341. The van der Waals surface area contributed by atoms with Crippen molar-refractivity contribution in [3.63, 3.8) is 0 Å². The first-order valence-electron chi connectivity index (χ1n) is 23.6. The Bertz CT molecular complexity index is 1240. The maximum atomic E-state index is 8.99. The lowest BCUT2D eigenvalue weighted by Gasteiger charge is -2.15. The van der Waals surface area contributed by atoms with Crippen LogP contribution in [0.1, 0.15) is 231 Å². The van der Waals surface area contributed by atoms with Crippen molar-refractivity contribution < 1.29 is 5.11 Å². The second-order valence-corrected chi connectivity index (χ2v) is 18.7. The molecule has 0 aromatic carbocycles. The summed E-state index contributed by atoms with van der Waals surface area (Å²) in [7, 11) is 0. The molecule has 2 unspecified atom stereocenters. The van der Waals surface area contributed by atoms with E-state index in [0.29, 0.717) is 0 Å². The highest BCUT2D eigenvalue weighted by Crippen LogP contribution is 2.23. The van der Waals surface area contributed by atoms with E-state index in [-0.39, 0.29) is 6.61 Å². The van der Waals surface area contributed by atoms with E-state index in [0.717, 1.165) is 69.1 Å². The molecule has 0 amide bonds. The molecule has 0 aromatic heterocycles. The molecule has 1 nitrogen and oxygen atoms in total. The largest absolute Gasteiger partial charge is 0.392 e. The first kappa shape index (κ1) is 53.9. The van der Waals surface area contributed by atoms with Gasteiger partial charge in [-0.3, -0.25) is 0 Å². The van der Waals surface area contributed by atoms with Gasteiger partial charge in [-0.15, -0.1) is 0 Å². The Kier molecular flexibility index (Phi) is 34.6. The highest BCUT2D eigenvalue weighted by atomic mass is 16.2. The fourth-order valence-electron chi connectivity index (χ4n) is 7.50. The monoisotopic (exact) mass is 773 g/mol. The van der Waals surface area contributed by atoms with Gasteiger partial charge in [-0.2, -0.15) is 0 Å². The van der Waals surface area contributed by atoms with Gasteiger partial charge in [-0.1, -0.05) is 166 Å². The van der Waals surface area contributed by atoms with Crippen molar-refractivity contribution >= 4 is 0 Å². The Hall–Kier alpha value is -2.12. The summed E-state index contributed by atoms with van der Waals surface area (Å²) < 4.78 is 0. The zero-order valence-corrected chi connectivity index (χ0v) is 39.8. The van der Waals surface area contributed by atoms with Crippen molar-refractivity contribution in [1.82, 2.24) is 0 Å². The van der Waals surface area contributed by atoms with Gasteiger partial charge in [-0.05, 0) is 176 Å². The summed E-state index contributed by atoms with van der Waals surface area (Å²) in [5.41, 5.74) is 12.0. The van der Waals surface area contributed by atoms with E-state index in [9.17, 15) is 0 Å². The van der Waals surface area contributed by atoms with Gasteiger partial charge in [0, 0.05) is 0 Å². The van der Waals surface area contributed by atoms with E-state index >= 15 is 0 Å². The Morgan fingerprint density at radius 3 is 0.821 bits per heavy atom. The van der Waals surface area contributed by atoms with E-state index in [1.165, 1.54) is 130 Å². The number of rotatable bonds is 34. The summed E-state index contributed by atoms with van der Waals surface area (Å²) >= 11 is 0. The number of aliphatic hydroxyl groups excluding tert-OH is 1. The van der Waals surface area contributed by atoms with Crippen molar-refractivity contribution in [1.29, 1.82) is 0 Å². The third-order valence-electron chi connectivity index (χ3n) is 11.8. The first-order valence-corrected chi connectivity index (χ1v) is 23.6. The molecular weight excluding hydrogens is 677 g/mol. The lowest BCUT2D eigenvalue weighted by Crippen LogP contribution is -2.00. The molecular formula is C55H96O. The second-order valence-electron chi connectivity index (χ2n) is 18.7. The van der Waals surface area contributed by atoms with Crippen molar-refractivity contribution in [2.75, 3.05) is 6.61 Å². The molecule has 0 bridgehead atoms. The molecule has 0 heterocycles. The van der Waals surface area contributed by atoms with Crippen LogP contribution in [-0.4, -0.2) is 11.7 Å². The van der Waals surface area contributed by atoms with Crippen LogP contribution in [0.5, 0.6) is 0 Å². The molecule has 2 atom stereocenters. The van der Waals surface area contributed by atoms with Crippen molar-refractivity contribution in [2.45, 2.75) is 231 Å². The smallest absolute Gasteiger partial charge is 0.0614 e. The quantitative estimate of drug-likeness (QED) is 0.0646. The Morgan fingerprint density at radius 1 is 0.321 bits per heavy atom. The van der Waals surface area contributed by atoms with Gasteiger partial charge in [0.2, 0.25) is 0 Å². The average molecular weight is 773 g/mol. The van der Waals surface area contributed by atoms with E-state index in [1.807, 2.05) is 6.08 Å². The van der Waals surface area contributed by atoms with Crippen LogP contribution in [0.15, 0.2) is 93.2 Å². The van der Waals surface area contributed by atoms with Gasteiger partial charge in [0.15, 0.2) is 0 Å². The van der Waals surface area contributed by atoms with Crippen molar-refractivity contribution in [2.24, 2.45) is 17.8 Å². The average Bonchev–Trinajstić information content (AvgIpc) is 3.11. The molecule has 1 N–H and O–H groups in total. The zero-order chi connectivity index (χ0) is 42.0. The fraction of sp³-hybridized carbons (Fsp3) is 0.709. The van der Waals surface area contributed by atoms with Crippen LogP contribution in [0, 0.1) is 17.8 Å². The van der Waals surface area contributed by atoms with Crippen LogP contribution in [0.25, 0.3) is 0 Å². The molecule has 0 aliphatic heterocycles. The summed E-state index contributed by atoms with van der Waals surface area (Å²) in [5.74, 6) is 2.64. The Morgan fingerprint density at radius 2 is 0.554 bits per heavy atom. The highest BCUT2D eigenvalue weighted by Gasteiger charge is 2.07. The van der Waals surface area contributed by atoms with Crippen LogP contribution in [0.2, 0.25) is 0 Å². The lowest BCUT2D eigenvalue weighted by atomic mass is 9.91. The molecule has 1 heteroatoms. The van der Waals surface area contributed by atoms with Gasteiger partial charge in [0.05, 0.1) is 6.61 Å². The molecule has 322 valence electrons. The van der Waals surface area contributed by atoms with Crippen LogP contribution in [0.4, 0.5) is 0 Å². The fourth-order valence-corrected chi connectivity index (χ4v) is 7.50. The summed E-state index contributed by atoms with van der Waals surface area (Å²) in [6.07, 6.45) is 47.7. The number of hydrogen-bond acceptors (Lipinski definition) is 1. The molecule has 0 saturated carbocycles. The summed E-state index contributed by atoms with van der Waals surface area (Å²) in [6, 6.07) is 0. The van der Waals surface area contributed by atoms with Crippen LogP contribution >= 0.6 is 0 Å². The molecule has 0 fully saturated rings. The molecule has 56 heavy (non-hydrogen) atoms. The molecule has 0 aromatic rings. The first-order chi connectivity index (χ1) is 26.7. The molecule has 0 saturated heterocycles. The van der Waals surface area contributed by atoms with E-state index < -0.39 is 0 Å². The van der Waals surface area contributed by atoms with Crippen LogP contribution in [0.3, 0.4) is 0 Å². The minimum atomic E-state index is 0.151. The number of hydrogen-bond donors (Lipinski definition) is 1. The second kappa shape index (κ2) is 36.0. The maximum absolute atomic E-state index is 8.99. The van der Waals surface area contributed by atoms with Gasteiger partial charge in [0.1, 0.15) is 0 Å². The third-order valence-corrected chi connectivity index (χ3v) is 11.8. The zero-order valence-electron chi connectivity index (χ0n) is 39.8. The van der Waals surface area contributed by atoms with Crippen LogP contribution < -0.4 is 0 Å². The summed E-state index contributed by atoms with van der Waals surface area (Å²) in [6.45, 7) is 28.0. The number of allylic oxidation sites excluding steroid dienone is 15. The Balaban J connectivity index is 4.16. The molecule has 0 radical (unpaired) electrons. The minimum Gasteiger partial charge on any atom is -0.392 e. The predicted octanol–water partition coefficient (Wildman–Crippen LogP) is 18.4. The predicted molar refractivity (Wildman–Crippen MR) is 256 cm³/mol. The van der Waals surface area contributed by atoms with Gasteiger partial charge in [0.25, 0.3) is 0 Å². The van der Waals surface area contributed by atoms with Gasteiger partial charge < -0.3 is 5.11 Å². The van der Waals surface area contributed by atoms with E-state index in [4.69, 9.17) is 5.11 Å². The summed E-state index contributed by atoms with van der Waals surface area (Å²) in [4.78, 5) is 0. The van der Waals surface area contributed by atoms with Gasteiger partial charge in [-0.25, -0.2) is 0 Å².